The van der Waals surface area contributed by atoms with Crippen LogP contribution in [0.2, 0.25) is 0 Å². The van der Waals surface area contributed by atoms with Crippen molar-refractivity contribution in [1.29, 1.82) is 0 Å². The molecule has 1 aromatic rings. The van der Waals surface area contributed by atoms with Crippen LogP contribution >= 0.6 is 0 Å². The molecule has 1 atom stereocenters. The number of hydrogen-bond acceptors (Lipinski definition) is 5. The lowest BCUT2D eigenvalue weighted by molar-refractivity contribution is -0.122. The standard InChI is InChI=1S/C16H21N3O5/c20-15-12(3-1-2-6-17-15)19-16(21)18-7-8-22-11-4-5-13-14(9-11)24-10-23-13/h4-5,9,12H,1-3,6-8,10H2,(H,17,20)(H2,18,19,21). The number of ether oxygens (including phenoxy) is 3. The Morgan fingerprint density at radius 2 is 2.17 bits per heavy atom. The minimum Gasteiger partial charge on any atom is -0.492 e. The van der Waals surface area contributed by atoms with E-state index >= 15 is 0 Å². The molecule has 0 aromatic heterocycles. The van der Waals surface area contributed by atoms with Gasteiger partial charge in [0.1, 0.15) is 18.4 Å². The number of hydrogen-bond donors (Lipinski definition) is 3. The van der Waals surface area contributed by atoms with E-state index in [1.807, 2.05) is 0 Å². The van der Waals surface area contributed by atoms with Gasteiger partial charge >= 0.3 is 6.03 Å². The number of benzene rings is 1. The Balaban J connectivity index is 1.37. The molecular weight excluding hydrogens is 314 g/mol. The summed E-state index contributed by atoms with van der Waals surface area (Å²) in [6, 6.07) is 4.47. The normalized spacial score (nSPS) is 19.2. The van der Waals surface area contributed by atoms with Crippen LogP contribution in [0.4, 0.5) is 4.79 Å². The number of fused-ring (bicyclic) bond motifs is 1. The fourth-order valence-electron chi connectivity index (χ4n) is 2.59. The van der Waals surface area contributed by atoms with Gasteiger partial charge in [-0.25, -0.2) is 4.79 Å². The summed E-state index contributed by atoms with van der Waals surface area (Å²) in [7, 11) is 0. The van der Waals surface area contributed by atoms with Crippen molar-refractivity contribution < 1.29 is 23.8 Å². The van der Waals surface area contributed by atoms with E-state index in [2.05, 4.69) is 16.0 Å². The third-order valence-corrected chi connectivity index (χ3v) is 3.84. The Bertz CT molecular complexity index is 607. The van der Waals surface area contributed by atoms with Crippen LogP contribution in [0.5, 0.6) is 17.2 Å². The molecule has 2 aliphatic heterocycles. The summed E-state index contributed by atoms with van der Waals surface area (Å²) in [6.07, 6.45) is 2.51. The number of urea groups is 1. The van der Waals surface area contributed by atoms with Gasteiger partial charge in [0.05, 0.1) is 6.54 Å². The van der Waals surface area contributed by atoms with Crippen molar-refractivity contribution >= 4 is 11.9 Å². The monoisotopic (exact) mass is 335 g/mol. The highest BCUT2D eigenvalue weighted by Crippen LogP contribution is 2.34. The van der Waals surface area contributed by atoms with Gasteiger partial charge in [0.15, 0.2) is 11.5 Å². The van der Waals surface area contributed by atoms with Gasteiger partial charge in [-0.05, 0) is 31.4 Å². The number of nitrogens with one attached hydrogen (secondary N) is 3. The maximum absolute atomic E-state index is 11.8. The molecule has 1 aromatic carbocycles. The lowest BCUT2D eigenvalue weighted by atomic mass is 10.1. The van der Waals surface area contributed by atoms with E-state index in [-0.39, 0.29) is 18.7 Å². The zero-order valence-corrected chi connectivity index (χ0v) is 13.3. The van der Waals surface area contributed by atoms with Crippen LogP contribution in [0.3, 0.4) is 0 Å². The highest BCUT2D eigenvalue weighted by Gasteiger charge is 2.22. The zero-order valence-electron chi connectivity index (χ0n) is 13.3. The van der Waals surface area contributed by atoms with Crippen molar-refractivity contribution in [3.05, 3.63) is 18.2 Å². The van der Waals surface area contributed by atoms with Crippen LogP contribution in [0.15, 0.2) is 18.2 Å². The first-order chi connectivity index (χ1) is 11.7. The van der Waals surface area contributed by atoms with Crippen LogP contribution in [0, 0.1) is 0 Å². The van der Waals surface area contributed by atoms with Gasteiger partial charge in [-0.1, -0.05) is 0 Å². The van der Waals surface area contributed by atoms with E-state index in [4.69, 9.17) is 14.2 Å². The molecule has 24 heavy (non-hydrogen) atoms. The second-order valence-electron chi connectivity index (χ2n) is 5.60. The highest BCUT2D eigenvalue weighted by atomic mass is 16.7. The van der Waals surface area contributed by atoms with Crippen LogP contribution in [0.1, 0.15) is 19.3 Å². The molecule has 0 saturated carbocycles. The van der Waals surface area contributed by atoms with Crippen molar-refractivity contribution in [1.82, 2.24) is 16.0 Å². The summed E-state index contributed by atoms with van der Waals surface area (Å²) in [6.45, 7) is 1.52. The second kappa shape index (κ2) is 7.76. The highest BCUT2D eigenvalue weighted by molar-refractivity contribution is 5.87. The van der Waals surface area contributed by atoms with E-state index in [0.29, 0.717) is 43.4 Å². The second-order valence-corrected chi connectivity index (χ2v) is 5.60. The molecule has 3 amide bonds. The lowest BCUT2D eigenvalue weighted by Gasteiger charge is -2.16. The van der Waals surface area contributed by atoms with Gasteiger partial charge < -0.3 is 30.2 Å². The Morgan fingerprint density at radius 1 is 1.29 bits per heavy atom. The first-order valence-electron chi connectivity index (χ1n) is 8.07. The molecule has 2 heterocycles. The minimum absolute atomic E-state index is 0.126. The SMILES string of the molecule is O=C(NCCOc1ccc2c(c1)OCO2)NC1CCCCNC1=O. The van der Waals surface area contributed by atoms with E-state index < -0.39 is 6.04 Å². The average Bonchev–Trinajstić information content (AvgIpc) is 2.96. The van der Waals surface area contributed by atoms with E-state index in [1.54, 1.807) is 18.2 Å². The van der Waals surface area contributed by atoms with Crippen molar-refractivity contribution in [3.8, 4) is 17.2 Å². The fraction of sp³-hybridized carbons (Fsp3) is 0.500. The molecule has 0 bridgehead atoms. The Morgan fingerprint density at radius 3 is 3.08 bits per heavy atom. The van der Waals surface area contributed by atoms with Crippen LogP contribution in [0.25, 0.3) is 0 Å². The van der Waals surface area contributed by atoms with E-state index in [0.717, 1.165) is 12.8 Å². The van der Waals surface area contributed by atoms with Gasteiger partial charge in [0.2, 0.25) is 12.7 Å². The maximum atomic E-state index is 11.8. The number of amides is 3. The Kier molecular flexibility index (Phi) is 5.25. The van der Waals surface area contributed by atoms with Gasteiger partial charge in [0.25, 0.3) is 0 Å². The first kappa shape index (κ1) is 16.2. The summed E-state index contributed by atoms with van der Waals surface area (Å²) >= 11 is 0. The maximum Gasteiger partial charge on any atom is 0.315 e. The van der Waals surface area contributed by atoms with E-state index in [9.17, 15) is 9.59 Å². The summed E-state index contributed by atoms with van der Waals surface area (Å²) in [4.78, 5) is 23.6. The molecule has 3 N–H and O–H groups in total. The third-order valence-electron chi connectivity index (χ3n) is 3.84. The van der Waals surface area contributed by atoms with Gasteiger partial charge in [0, 0.05) is 12.6 Å². The summed E-state index contributed by atoms with van der Waals surface area (Å²) in [5.41, 5.74) is 0. The summed E-state index contributed by atoms with van der Waals surface area (Å²) < 4.78 is 16.0. The van der Waals surface area contributed by atoms with Gasteiger partial charge in [-0.2, -0.15) is 0 Å². The smallest absolute Gasteiger partial charge is 0.315 e. The molecule has 2 aliphatic rings. The molecule has 8 nitrogen and oxygen atoms in total. The van der Waals surface area contributed by atoms with E-state index in [1.165, 1.54) is 0 Å². The summed E-state index contributed by atoms with van der Waals surface area (Å²) in [5.74, 6) is 1.86. The minimum atomic E-state index is -0.470. The number of carbonyl (C=O) groups is 2. The Hall–Kier alpha value is -2.64. The molecule has 0 spiro atoms. The molecule has 1 saturated heterocycles. The molecule has 0 radical (unpaired) electrons. The number of rotatable bonds is 5. The summed E-state index contributed by atoms with van der Waals surface area (Å²) in [5, 5.41) is 8.15. The molecular formula is C16H21N3O5. The molecule has 3 rings (SSSR count). The molecule has 0 aliphatic carbocycles. The van der Waals surface area contributed by atoms with Crippen LogP contribution < -0.4 is 30.2 Å². The molecule has 1 fully saturated rings. The average molecular weight is 335 g/mol. The molecule has 1 unspecified atom stereocenters. The Labute approximate surface area is 139 Å². The van der Waals surface area contributed by atoms with Gasteiger partial charge in [-0.3, -0.25) is 4.79 Å². The van der Waals surface area contributed by atoms with Crippen molar-refractivity contribution in [3.63, 3.8) is 0 Å². The van der Waals surface area contributed by atoms with Gasteiger partial charge in [-0.15, -0.1) is 0 Å². The fourth-order valence-corrected chi connectivity index (χ4v) is 2.59. The molecule has 8 heteroatoms. The van der Waals surface area contributed by atoms with Crippen molar-refractivity contribution in [2.45, 2.75) is 25.3 Å². The van der Waals surface area contributed by atoms with Crippen molar-refractivity contribution in [2.75, 3.05) is 26.5 Å². The third kappa shape index (κ3) is 4.21. The number of carbonyl (C=O) groups excluding carboxylic acids is 2. The van der Waals surface area contributed by atoms with Crippen LogP contribution in [-0.4, -0.2) is 44.5 Å². The molecule has 130 valence electrons. The van der Waals surface area contributed by atoms with Crippen LogP contribution in [-0.2, 0) is 4.79 Å². The quantitative estimate of drug-likeness (QED) is 0.690. The topological polar surface area (TPSA) is 97.9 Å². The lowest BCUT2D eigenvalue weighted by Crippen LogP contribution is -2.49. The zero-order chi connectivity index (χ0) is 16.8. The first-order valence-corrected chi connectivity index (χ1v) is 8.07. The van der Waals surface area contributed by atoms with Crippen molar-refractivity contribution in [2.24, 2.45) is 0 Å². The largest absolute Gasteiger partial charge is 0.492 e. The predicted octanol–water partition coefficient (Wildman–Crippen LogP) is 0.762. The predicted molar refractivity (Wildman–Crippen MR) is 85.2 cm³/mol.